The molecule has 3 N–H and O–H groups in total. The van der Waals surface area contributed by atoms with Crippen molar-refractivity contribution in [2.45, 2.75) is 0 Å². The molecule has 0 amide bonds. The summed E-state index contributed by atoms with van der Waals surface area (Å²) in [6, 6.07) is 5.72. The third kappa shape index (κ3) is 3.82. The number of hydrogen-bond donors (Lipinski definition) is 1. The summed E-state index contributed by atoms with van der Waals surface area (Å²) in [5.41, 5.74) is 0. The van der Waals surface area contributed by atoms with Gasteiger partial charge in [0.1, 0.15) is 0 Å². The van der Waals surface area contributed by atoms with Crippen molar-refractivity contribution in [2.75, 3.05) is 0 Å². The van der Waals surface area contributed by atoms with E-state index in [0.717, 1.165) is 0 Å². The summed E-state index contributed by atoms with van der Waals surface area (Å²) in [6.45, 7) is 0. The summed E-state index contributed by atoms with van der Waals surface area (Å²) >= 11 is 0. The minimum atomic E-state index is 0. The smallest absolute Gasteiger partial charge is 0.0267 e. The minimum Gasteiger partial charge on any atom is -0.344 e. The summed E-state index contributed by atoms with van der Waals surface area (Å²) in [5, 5.41) is 0. The van der Waals surface area contributed by atoms with Crippen molar-refractivity contribution in [3.63, 3.8) is 0 Å². The molecule has 8 heavy (non-hydrogen) atoms. The molecule has 0 unspecified atom stereocenters. The van der Waals surface area contributed by atoms with Crippen molar-refractivity contribution >= 4 is 0 Å². The van der Waals surface area contributed by atoms with E-state index in [-0.39, 0.29) is 23.5 Å². The van der Waals surface area contributed by atoms with Crippen LogP contribution >= 0.6 is 0 Å². The van der Waals surface area contributed by atoms with Crippen LogP contribution in [0.4, 0.5) is 0 Å². The largest absolute Gasteiger partial charge is 0.344 e. The topological polar surface area (TPSA) is 47.9 Å². The van der Waals surface area contributed by atoms with Crippen molar-refractivity contribution in [3.8, 4) is 0 Å². The first-order chi connectivity index (χ1) is 3.00. The van der Waals surface area contributed by atoms with E-state index >= 15 is 0 Å². The fourth-order valence-corrected chi connectivity index (χ4v) is 0.313. The molecule has 0 fully saturated rings. The molecule has 2 nitrogen and oxygen atoms in total. The van der Waals surface area contributed by atoms with E-state index in [4.69, 9.17) is 0 Å². The van der Waals surface area contributed by atoms with E-state index in [1.807, 2.05) is 18.2 Å². The Morgan fingerprint density at radius 3 is 1.50 bits per heavy atom. The fraction of sp³-hybridized carbons (Fsp3) is 0. The molecule has 0 radical (unpaired) electrons. The summed E-state index contributed by atoms with van der Waals surface area (Å²) in [7, 11) is 0. The first-order valence-electron chi connectivity index (χ1n) is 1.85. The van der Waals surface area contributed by atoms with Gasteiger partial charge in [-0.1, -0.05) is 6.07 Å². The Morgan fingerprint density at radius 2 is 1.38 bits per heavy atom. The SMILES string of the molecule is N.[Cr].c1ccncc1. The molecule has 0 spiro atoms. The second-order valence-electron chi connectivity index (χ2n) is 1.02. The van der Waals surface area contributed by atoms with Gasteiger partial charge in [0.2, 0.25) is 0 Å². The Morgan fingerprint density at radius 1 is 0.875 bits per heavy atom. The quantitative estimate of drug-likeness (QED) is 0.601. The number of pyridine rings is 1. The van der Waals surface area contributed by atoms with Crippen LogP contribution in [-0.4, -0.2) is 4.98 Å². The van der Waals surface area contributed by atoms with E-state index in [2.05, 4.69) is 4.98 Å². The van der Waals surface area contributed by atoms with Gasteiger partial charge in [-0.25, -0.2) is 0 Å². The van der Waals surface area contributed by atoms with E-state index in [1.165, 1.54) is 0 Å². The van der Waals surface area contributed by atoms with Gasteiger partial charge in [-0.05, 0) is 12.1 Å². The van der Waals surface area contributed by atoms with Gasteiger partial charge in [0.25, 0.3) is 0 Å². The van der Waals surface area contributed by atoms with Crippen molar-refractivity contribution < 1.29 is 17.4 Å². The molecule has 0 atom stereocenters. The van der Waals surface area contributed by atoms with Crippen molar-refractivity contribution in [1.82, 2.24) is 11.1 Å². The number of nitrogens with zero attached hydrogens (tertiary/aromatic N) is 1. The van der Waals surface area contributed by atoms with E-state index < -0.39 is 0 Å². The van der Waals surface area contributed by atoms with Gasteiger partial charge in [0.05, 0.1) is 0 Å². The first-order valence-corrected chi connectivity index (χ1v) is 1.85. The fourth-order valence-electron chi connectivity index (χ4n) is 0.313. The van der Waals surface area contributed by atoms with Gasteiger partial charge in [0.15, 0.2) is 0 Å². The summed E-state index contributed by atoms with van der Waals surface area (Å²) in [5.74, 6) is 0. The molecule has 0 aromatic carbocycles. The molecule has 1 aromatic heterocycles. The normalized spacial score (nSPS) is 6.00. The van der Waals surface area contributed by atoms with Gasteiger partial charge in [-0.3, -0.25) is 4.98 Å². The van der Waals surface area contributed by atoms with Gasteiger partial charge in [-0.2, -0.15) is 0 Å². The molecule has 0 saturated carbocycles. The molecular weight excluding hydrogens is 140 g/mol. The second kappa shape index (κ2) is 6.64. The van der Waals surface area contributed by atoms with Crippen molar-refractivity contribution in [1.29, 1.82) is 0 Å². The maximum Gasteiger partial charge on any atom is 0.0267 e. The summed E-state index contributed by atoms with van der Waals surface area (Å²) in [6.07, 6.45) is 3.50. The van der Waals surface area contributed by atoms with Crippen LogP contribution in [0.25, 0.3) is 0 Å². The molecule has 1 heterocycles. The molecule has 0 aliphatic carbocycles. The molecule has 1 rings (SSSR count). The standard InChI is InChI=1S/C5H5N.Cr.H3N/c1-2-4-6-5-3-1;;/h1-5H;;1H3. The molecule has 0 saturated heterocycles. The van der Waals surface area contributed by atoms with E-state index in [0.29, 0.717) is 0 Å². The Bertz CT molecular complexity index is 82.4. The number of hydrogen-bond acceptors (Lipinski definition) is 2. The second-order valence-corrected chi connectivity index (χ2v) is 1.02. The van der Waals surface area contributed by atoms with Crippen LogP contribution < -0.4 is 6.15 Å². The average Bonchev–Trinajstić information content (AvgIpc) is 1.72. The predicted octanol–water partition coefficient (Wildman–Crippen LogP) is 1.24. The summed E-state index contributed by atoms with van der Waals surface area (Å²) < 4.78 is 0. The first kappa shape index (κ1) is 10.6. The van der Waals surface area contributed by atoms with Gasteiger partial charge in [0, 0.05) is 29.8 Å². The Hall–Kier alpha value is -0.358. The van der Waals surface area contributed by atoms with E-state index in [1.54, 1.807) is 12.4 Å². The van der Waals surface area contributed by atoms with Crippen LogP contribution in [0, 0.1) is 0 Å². The Balaban J connectivity index is 0. The maximum absolute atomic E-state index is 3.78. The molecule has 1 aromatic rings. The Kier molecular flexibility index (Phi) is 8.79. The van der Waals surface area contributed by atoms with Gasteiger partial charge < -0.3 is 6.15 Å². The van der Waals surface area contributed by atoms with Crippen molar-refractivity contribution in [2.24, 2.45) is 0 Å². The number of rotatable bonds is 0. The van der Waals surface area contributed by atoms with Crippen molar-refractivity contribution in [3.05, 3.63) is 30.6 Å². The molecule has 44 valence electrons. The molecule has 3 heteroatoms. The maximum atomic E-state index is 3.78. The summed E-state index contributed by atoms with van der Waals surface area (Å²) in [4.78, 5) is 3.78. The molecule has 0 bridgehead atoms. The number of aromatic nitrogens is 1. The molecular formula is C5H8CrN2. The van der Waals surface area contributed by atoms with E-state index in [9.17, 15) is 0 Å². The third-order valence-electron chi connectivity index (χ3n) is 0.566. The van der Waals surface area contributed by atoms with Crippen LogP contribution in [-0.2, 0) is 17.4 Å². The van der Waals surface area contributed by atoms with Crippen LogP contribution in [0.1, 0.15) is 0 Å². The average molecular weight is 148 g/mol. The molecule has 0 aliphatic rings. The zero-order valence-electron chi connectivity index (χ0n) is 4.45. The van der Waals surface area contributed by atoms with Crippen LogP contribution in [0.3, 0.4) is 0 Å². The van der Waals surface area contributed by atoms with Crippen LogP contribution in [0.2, 0.25) is 0 Å². The zero-order valence-corrected chi connectivity index (χ0v) is 5.72. The van der Waals surface area contributed by atoms with Gasteiger partial charge >= 0.3 is 0 Å². The van der Waals surface area contributed by atoms with Crippen LogP contribution in [0.15, 0.2) is 30.6 Å². The minimum absolute atomic E-state index is 0. The molecule has 0 aliphatic heterocycles. The van der Waals surface area contributed by atoms with Gasteiger partial charge in [-0.15, -0.1) is 0 Å². The zero-order chi connectivity index (χ0) is 4.24. The monoisotopic (exact) mass is 148 g/mol. The van der Waals surface area contributed by atoms with Crippen LogP contribution in [0.5, 0.6) is 0 Å². The predicted molar refractivity (Wildman–Crippen MR) is 29.3 cm³/mol. The third-order valence-corrected chi connectivity index (χ3v) is 0.566. The Labute approximate surface area is 59.7 Å².